The zero-order valence-electron chi connectivity index (χ0n) is 10.6. The van der Waals surface area contributed by atoms with Crippen LogP contribution in [-0.4, -0.2) is 37.6 Å². The molecule has 0 radical (unpaired) electrons. The molecule has 0 bridgehead atoms. The Bertz CT molecular complexity index is 117. The Morgan fingerprint density at radius 1 is 1.29 bits per heavy atom. The van der Waals surface area contributed by atoms with E-state index in [0.29, 0.717) is 6.04 Å². The lowest BCUT2D eigenvalue weighted by molar-refractivity contribution is 0.282. The van der Waals surface area contributed by atoms with Crippen LogP contribution < -0.4 is 5.32 Å². The van der Waals surface area contributed by atoms with Crippen molar-refractivity contribution in [2.45, 2.75) is 58.5 Å². The van der Waals surface area contributed by atoms with Crippen molar-refractivity contribution in [2.75, 3.05) is 20.6 Å². The highest BCUT2D eigenvalue weighted by atomic mass is 15.2. The predicted molar refractivity (Wildman–Crippen MR) is 64.8 cm³/mol. The number of hydrogen-bond acceptors (Lipinski definition) is 2. The Hall–Kier alpha value is -0.0800. The summed E-state index contributed by atoms with van der Waals surface area (Å²) in [5, 5.41) is 3.32. The van der Waals surface area contributed by atoms with Gasteiger partial charge in [-0.25, -0.2) is 0 Å². The smallest absolute Gasteiger partial charge is 0.0189 e. The van der Waals surface area contributed by atoms with Crippen molar-refractivity contribution >= 4 is 0 Å². The zero-order valence-corrected chi connectivity index (χ0v) is 10.6. The van der Waals surface area contributed by atoms with Crippen LogP contribution in [0.3, 0.4) is 0 Å². The van der Waals surface area contributed by atoms with Gasteiger partial charge in [0.1, 0.15) is 0 Å². The average molecular weight is 200 g/mol. The third kappa shape index (κ3) is 6.39. The fourth-order valence-electron chi connectivity index (χ4n) is 1.44. The van der Waals surface area contributed by atoms with Crippen molar-refractivity contribution in [2.24, 2.45) is 0 Å². The first-order valence-corrected chi connectivity index (χ1v) is 6.06. The topological polar surface area (TPSA) is 15.3 Å². The Labute approximate surface area is 90.1 Å². The van der Waals surface area contributed by atoms with Crippen molar-refractivity contribution in [3.63, 3.8) is 0 Å². The summed E-state index contributed by atoms with van der Waals surface area (Å²) >= 11 is 0. The van der Waals surface area contributed by atoms with Crippen LogP contribution >= 0.6 is 0 Å². The van der Waals surface area contributed by atoms with Crippen LogP contribution in [-0.2, 0) is 0 Å². The summed E-state index contributed by atoms with van der Waals surface area (Å²) in [5.74, 6) is 0. The quantitative estimate of drug-likeness (QED) is 0.733. The van der Waals surface area contributed by atoms with Gasteiger partial charge in [0.15, 0.2) is 0 Å². The lowest BCUT2D eigenvalue weighted by Crippen LogP contribution is -2.38. The van der Waals surface area contributed by atoms with E-state index in [1.807, 2.05) is 0 Å². The van der Waals surface area contributed by atoms with Gasteiger partial charge in [-0.2, -0.15) is 0 Å². The monoisotopic (exact) mass is 200 g/mol. The first-order valence-electron chi connectivity index (χ1n) is 6.06. The summed E-state index contributed by atoms with van der Waals surface area (Å²) in [5.41, 5.74) is 0. The summed E-state index contributed by atoms with van der Waals surface area (Å²) < 4.78 is 0. The minimum Gasteiger partial charge on any atom is -0.316 e. The van der Waals surface area contributed by atoms with Gasteiger partial charge in [0, 0.05) is 18.6 Å². The minimum atomic E-state index is 0.681. The number of nitrogens with one attached hydrogen (secondary N) is 1. The molecule has 0 spiro atoms. The van der Waals surface area contributed by atoms with Gasteiger partial charge in [-0.1, -0.05) is 27.2 Å². The molecule has 2 nitrogen and oxygen atoms in total. The van der Waals surface area contributed by atoms with Crippen LogP contribution in [0.5, 0.6) is 0 Å². The maximum atomic E-state index is 3.32. The standard InChI is InChI=1S/C9H20N2.C3H8/c1-4-8(10-2)7-11(3)9-5-6-9;1-3-2/h8-10H,4-7H2,1-3H3;3H2,1-2H3. The Morgan fingerprint density at radius 3 is 2.07 bits per heavy atom. The van der Waals surface area contributed by atoms with Crippen LogP contribution in [0.25, 0.3) is 0 Å². The molecule has 0 aromatic rings. The van der Waals surface area contributed by atoms with E-state index in [-0.39, 0.29) is 0 Å². The van der Waals surface area contributed by atoms with Gasteiger partial charge in [-0.05, 0) is 33.4 Å². The van der Waals surface area contributed by atoms with Gasteiger partial charge >= 0.3 is 0 Å². The molecule has 1 atom stereocenters. The molecule has 0 aliphatic heterocycles. The molecular weight excluding hydrogens is 172 g/mol. The van der Waals surface area contributed by atoms with Crippen molar-refractivity contribution in [1.82, 2.24) is 10.2 Å². The lowest BCUT2D eigenvalue weighted by Gasteiger charge is -2.22. The molecule has 1 N–H and O–H groups in total. The second-order valence-electron chi connectivity index (χ2n) is 4.27. The van der Waals surface area contributed by atoms with E-state index >= 15 is 0 Å². The second-order valence-corrected chi connectivity index (χ2v) is 4.27. The molecule has 0 aromatic carbocycles. The molecule has 14 heavy (non-hydrogen) atoms. The van der Waals surface area contributed by atoms with Crippen LogP contribution in [0.1, 0.15) is 46.5 Å². The Kier molecular flexibility index (Phi) is 8.20. The van der Waals surface area contributed by atoms with E-state index in [1.165, 1.54) is 32.2 Å². The predicted octanol–water partition coefficient (Wildman–Crippen LogP) is 2.49. The number of hydrogen-bond donors (Lipinski definition) is 1. The fourth-order valence-corrected chi connectivity index (χ4v) is 1.44. The van der Waals surface area contributed by atoms with Crippen molar-refractivity contribution in [3.05, 3.63) is 0 Å². The normalized spacial score (nSPS) is 17.6. The first kappa shape index (κ1) is 13.9. The van der Waals surface area contributed by atoms with Crippen molar-refractivity contribution < 1.29 is 0 Å². The van der Waals surface area contributed by atoms with E-state index in [2.05, 4.69) is 45.1 Å². The van der Waals surface area contributed by atoms with Crippen molar-refractivity contribution in [1.29, 1.82) is 0 Å². The molecular formula is C12H28N2. The maximum absolute atomic E-state index is 3.32. The summed E-state index contributed by atoms with van der Waals surface area (Å²) in [4.78, 5) is 2.48. The molecule has 0 aromatic heterocycles. The molecule has 86 valence electrons. The van der Waals surface area contributed by atoms with Gasteiger partial charge < -0.3 is 10.2 Å². The molecule has 1 rings (SSSR count). The summed E-state index contributed by atoms with van der Waals surface area (Å²) in [7, 11) is 4.28. The van der Waals surface area contributed by atoms with Gasteiger partial charge in [0.2, 0.25) is 0 Å². The molecule has 1 saturated carbocycles. The van der Waals surface area contributed by atoms with Gasteiger partial charge in [-0.3, -0.25) is 0 Å². The average Bonchev–Trinajstić information content (AvgIpc) is 2.98. The van der Waals surface area contributed by atoms with Gasteiger partial charge in [0.25, 0.3) is 0 Å². The molecule has 1 fully saturated rings. The Morgan fingerprint density at radius 2 is 1.79 bits per heavy atom. The first-order chi connectivity index (χ1) is 6.69. The second kappa shape index (κ2) is 8.25. The van der Waals surface area contributed by atoms with E-state index < -0.39 is 0 Å². The lowest BCUT2D eigenvalue weighted by atomic mass is 10.2. The third-order valence-corrected chi connectivity index (χ3v) is 2.58. The van der Waals surface area contributed by atoms with Crippen LogP contribution in [0.2, 0.25) is 0 Å². The zero-order chi connectivity index (χ0) is 11.0. The summed E-state index contributed by atoms with van der Waals surface area (Å²) in [6.07, 6.45) is 5.31. The highest BCUT2D eigenvalue weighted by Gasteiger charge is 2.26. The molecule has 1 unspecified atom stereocenters. The maximum Gasteiger partial charge on any atom is 0.0189 e. The molecule has 1 aliphatic carbocycles. The molecule has 1 aliphatic rings. The van der Waals surface area contributed by atoms with Gasteiger partial charge in [-0.15, -0.1) is 0 Å². The molecule has 0 heterocycles. The van der Waals surface area contributed by atoms with Crippen LogP contribution in [0.4, 0.5) is 0 Å². The number of nitrogens with zero attached hydrogens (tertiary/aromatic N) is 1. The van der Waals surface area contributed by atoms with E-state index in [4.69, 9.17) is 0 Å². The molecule has 0 saturated heterocycles. The largest absolute Gasteiger partial charge is 0.316 e. The van der Waals surface area contributed by atoms with Crippen molar-refractivity contribution in [3.8, 4) is 0 Å². The number of likely N-dealkylation sites (N-methyl/N-ethyl adjacent to an activating group) is 2. The summed E-state index contributed by atoms with van der Waals surface area (Å²) in [6.45, 7) is 7.69. The Balaban J connectivity index is 0.000000500. The van der Waals surface area contributed by atoms with Crippen LogP contribution in [0, 0.1) is 0 Å². The highest BCUT2D eigenvalue weighted by molar-refractivity contribution is 4.84. The third-order valence-electron chi connectivity index (χ3n) is 2.58. The highest BCUT2D eigenvalue weighted by Crippen LogP contribution is 2.25. The van der Waals surface area contributed by atoms with E-state index in [1.54, 1.807) is 0 Å². The van der Waals surface area contributed by atoms with E-state index in [9.17, 15) is 0 Å². The molecule has 0 amide bonds. The van der Waals surface area contributed by atoms with Crippen LogP contribution in [0.15, 0.2) is 0 Å². The fraction of sp³-hybridized carbons (Fsp3) is 1.00. The SMILES string of the molecule is CCC.CCC(CN(C)C1CC1)NC. The van der Waals surface area contributed by atoms with Gasteiger partial charge in [0.05, 0.1) is 0 Å². The summed E-state index contributed by atoms with van der Waals surface area (Å²) in [6, 6.07) is 1.58. The number of rotatable bonds is 5. The van der Waals surface area contributed by atoms with E-state index in [0.717, 1.165) is 6.04 Å². The minimum absolute atomic E-state index is 0.681. The molecule has 2 heteroatoms.